The summed E-state index contributed by atoms with van der Waals surface area (Å²) in [5.74, 6) is 1.94. The molecule has 0 N–H and O–H groups in total. The number of nitrogens with zero attached hydrogens (tertiary/aromatic N) is 1. The molecule has 1 heterocycles. The van der Waals surface area contributed by atoms with Crippen molar-refractivity contribution < 1.29 is 0 Å². The van der Waals surface area contributed by atoms with Crippen molar-refractivity contribution in [2.45, 2.75) is 45.4 Å². The van der Waals surface area contributed by atoms with Gasteiger partial charge in [0.05, 0.1) is 0 Å². The summed E-state index contributed by atoms with van der Waals surface area (Å²) < 4.78 is 0. The van der Waals surface area contributed by atoms with Gasteiger partial charge in [0.1, 0.15) is 0 Å². The monoisotopic (exact) mass is 203 g/mol. The van der Waals surface area contributed by atoms with Crippen molar-refractivity contribution in [1.29, 1.82) is 0 Å². The van der Waals surface area contributed by atoms with Gasteiger partial charge in [-0.2, -0.15) is 0 Å². The molecule has 1 nitrogen and oxygen atoms in total. The SMILES string of the molecule is CCC1CCC(Cc2ccncc2)CC1. The summed E-state index contributed by atoms with van der Waals surface area (Å²) in [6.45, 7) is 2.33. The Balaban J connectivity index is 1.82. The molecule has 0 saturated heterocycles. The van der Waals surface area contributed by atoms with Crippen molar-refractivity contribution >= 4 is 0 Å². The van der Waals surface area contributed by atoms with Crippen molar-refractivity contribution in [2.75, 3.05) is 0 Å². The predicted molar refractivity (Wildman–Crippen MR) is 63.7 cm³/mol. The molecule has 0 unspecified atom stereocenters. The first-order valence-corrected chi connectivity index (χ1v) is 6.27. The first-order chi connectivity index (χ1) is 7.38. The normalized spacial score (nSPS) is 26.5. The Bertz CT molecular complexity index is 273. The van der Waals surface area contributed by atoms with Gasteiger partial charge < -0.3 is 0 Å². The summed E-state index contributed by atoms with van der Waals surface area (Å²) >= 11 is 0. The topological polar surface area (TPSA) is 12.9 Å². The Morgan fingerprint density at radius 1 is 1.07 bits per heavy atom. The molecule has 1 aliphatic carbocycles. The Kier molecular flexibility index (Phi) is 3.76. The van der Waals surface area contributed by atoms with Gasteiger partial charge in [-0.15, -0.1) is 0 Å². The maximum Gasteiger partial charge on any atom is 0.0270 e. The minimum atomic E-state index is 0.926. The highest BCUT2D eigenvalue weighted by atomic mass is 14.6. The second-order valence-electron chi connectivity index (χ2n) is 4.85. The lowest BCUT2D eigenvalue weighted by atomic mass is 9.78. The summed E-state index contributed by atoms with van der Waals surface area (Å²) in [6.07, 6.45) is 12.2. The second-order valence-corrected chi connectivity index (χ2v) is 4.85. The standard InChI is InChI=1S/C14H21N/c1-2-12-3-5-13(6-4-12)11-14-7-9-15-10-8-14/h7-10,12-13H,2-6,11H2,1H3. The van der Waals surface area contributed by atoms with Crippen LogP contribution in [0, 0.1) is 11.8 Å². The van der Waals surface area contributed by atoms with Crippen LogP contribution in [0.1, 0.15) is 44.6 Å². The van der Waals surface area contributed by atoms with E-state index in [1.165, 1.54) is 44.1 Å². The van der Waals surface area contributed by atoms with E-state index in [1.807, 2.05) is 12.4 Å². The van der Waals surface area contributed by atoms with Gasteiger partial charge in [0.2, 0.25) is 0 Å². The van der Waals surface area contributed by atoms with Crippen molar-refractivity contribution in [2.24, 2.45) is 11.8 Å². The molecule has 1 heteroatoms. The minimum Gasteiger partial charge on any atom is -0.265 e. The highest BCUT2D eigenvalue weighted by molar-refractivity contribution is 5.10. The zero-order chi connectivity index (χ0) is 10.5. The summed E-state index contributed by atoms with van der Waals surface area (Å²) in [5.41, 5.74) is 1.46. The zero-order valence-electron chi connectivity index (χ0n) is 9.65. The maximum absolute atomic E-state index is 4.06. The van der Waals surface area contributed by atoms with E-state index in [2.05, 4.69) is 24.0 Å². The van der Waals surface area contributed by atoms with E-state index in [-0.39, 0.29) is 0 Å². The average molecular weight is 203 g/mol. The number of hydrogen-bond donors (Lipinski definition) is 0. The third kappa shape index (κ3) is 3.05. The van der Waals surface area contributed by atoms with E-state index in [9.17, 15) is 0 Å². The fourth-order valence-electron chi connectivity index (χ4n) is 2.70. The molecule has 0 radical (unpaired) electrons. The van der Waals surface area contributed by atoms with Gasteiger partial charge in [-0.25, -0.2) is 0 Å². The van der Waals surface area contributed by atoms with Gasteiger partial charge in [0.25, 0.3) is 0 Å². The highest BCUT2D eigenvalue weighted by Crippen LogP contribution is 2.32. The summed E-state index contributed by atoms with van der Waals surface area (Å²) in [7, 11) is 0. The smallest absolute Gasteiger partial charge is 0.0270 e. The molecule has 1 saturated carbocycles. The number of aromatic nitrogens is 1. The molecule has 0 aliphatic heterocycles. The largest absolute Gasteiger partial charge is 0.265 e. The van der Waals surface area contributed by atoms with Crippen LogP contribution in [0.15, 0.2) is 24.5 Å². The molecule has 2 rings (SSSR count). The third-order valence-electron chi connectivity index (χ3n) is 3.82. The lowest BCUT2D eigenvalue weighted by Crippen LogP contribution is -2.15. The third-order valence-corrected chi connectivity index (χ3v) is 3.82. The lowest BCUT2D eigenvalue weighted by Gasteiger charge is -2.27. The van der Waals surface area contributed by atoms with E-state index in [0.717, 1.165) is 11.8 Å². The van der Waals surface area contributed by atoms with Crippen LogP contribution < -0.4 is 0 Å². The first-order valence-electron chi connectivity index (χ1n) is 6.27. The molecule has 0 spiro atoms. The van der Waals surface area contributed by atoms with Crippen LogP contribution in [0.25, 0.3) is 0 Å². The first kappa shape index (κ1) is 10.7. The summed E-state index contributed by atoms with van der Waals surface area (Å²) in [4.78, 5) is 4.06. The van der Waals surface area contributed by atoms with Gasteiger partial charge >= 0.3 is 0 Å². The van der Waals surface area contributed by atoms with E-state index in [1.54, 1.807) is 0 Å². The van der Waals surface area contributed by atoms with Crippen LogP contribution in [0.5, 0.6) is 0 Å². The van der Waals surface area contributed by atoms with E-state index in [4.69, 9.17) is 0 Å². The Labute approximate surface area is 92.9 Å². The van der Waals surface area contributed by atoms with Crippen molar-refractivity contribution in [3.05, 3.63) is 30.1 Å². The molecule has 15 heavy (non-hydrogen) atoms. The van der Waals surface area contributed by atoms with Crippen LogP contribution in [0.3, 0.4) is 0 Å². The van der Waals surface area contributed by atoms with Gasteiger partial charge in [0.15, 0.2) is 0 Å². The Morgan fingerprint density at radius 2 is 1.67 bits per heavy atom. The Hall–Kier alpha value is -0.850. The highest BCUT2D eigenvalue weighted by Gasteiger charge is 2.19. The average Bonchev–Trinajstić information content (AvgIpc) is 2.31. The van der Waals surface area contributed by atoms with E-state index < -0.39 is 0 Å². The van der Waals surface area contributed by atoms with Crippen molar-refractivity contribution in [3.8, 4) is 0 Å². The molecule has 0 aromatic carbocycles. The minimum absolute atomic E-state index is 0.926. The Morgan fingerprint density at radius 3 is 2.27 bits per heavy atom. The maximum atomic E-state index is 4.06. The molecule has 82 valence electrons. The van der Waals surface area contributed by atoms with Crippen molar-refractivity contribution in [1.82, 2.24) is 4.98 Å². The van der Waals surface area contributed by atoms with Crippen LogP contribution in [0.4, 0.5) is 0 Å². The predicted octanol–water partition coefficient (Wildman–Crippen LogP) is 3.84. The van der Waals surface area contributed by atoms with Gasteiger partial charge in [-0.1, -0.05) is 26.2 Å². The molecular formula is C14H21N. The quantitative estimate of drug-likeness (QED) is 0.727. The van der Waals surface area contributed by atoms with E-state index >= 15 is 0 Å². The van der Waals surface area contributed by atoms with Gasteiger partial charge in [-0.3, -0.25) is 4.98 Å². The zero-order valence-corrected chi connectivity index (χ0v) is 9.65. The number of pyridine rings is 1. The molecule has 1 aliphatic rings. The fourth-order valence-corrected chi connectivity index (χ4v) is 2.70. The molecule has 1 fully saturated rings. The van der Waals surface area contributed by atoms with Crippen LogP contribution >= 0.6 is 0 Å². The fraction of sp³-hybridized carbons (Fsp3) is 0.643. The van der Waals surface area contributed by atoms with Crippen LogP contribution in [-0.2, 0) is 6.42 Å². The van der Waals surface area contributed by atoms with Crippen LogP contribution in [0.2, 0.25) is 0 Å². The molecular weight excluding hydrogens is 182 g/mol. The molecule has 0 amide bonds. The van der Waals surface area contributed by atoms with E-state index in [0.29, 0.717) is 0 Å². The molecule has 0 bridgehead atoms. The molecule has 0 atom stereocenters. The summed E-state index contributed by atoms with van der Waals surface area (Å²) in [6, 6.07) is 4.32. The molecule has 1 aromatic heterocycles. The van der Waals surface area contributed by atoms with Crippen molar-refractivity contribution in [3.63, 3.8) is 0 Å². The molecule has 1 aromatic rings. The lowest BCUT2D eigenvalue weighted by molar-refractivity contribution is 0.268. The van der Waals surface area contributed by atoms with Crippen LogP contribution in [-0.4, -0.2) is 4.98 Å². The second kappa shape index (κ2) is 5.29. The van der Waals surface area contributed by atoms with Gasteiger partial charge in [0, 0.05) is 12.4 Å². The van der Waals surface area contributed by atoms with Gasteiger partial charge in [-0.05, 0) is 48.8 Å². The summed E-state index contributed by atoms with van der Waals surface area (Å²) in [5, 5.41) is 0. The number of hydrogen-bond acceptors (Lipinski definition) is 1. The number of rotatable bonds is 3.